The third-order valence-corrected chi connectivity index (χ3v) is 3.81. The highest BCUT2D eigenvalue weighted by atomic mass is 16.5. The largest absolute Gasteiger partial charge is 0.496 e. The molecule has 0 aromatic heterocycles. The molecule has 1 aromatic carbocycles. The van der Waals surface area contributed by atoms with Crippen molar-refractivity contribution >= 4 is 5.78 Å². The number of benzene rings is 1. The van der Waals surface area contributed by atoms with Gasteiger partial charge in [0.2, 0.25) is 0 Å². The van der Waals surface area contributed by atoms with Crippen LogP contribution >= 0.6 is 0 Å². The van der Waals surface area contributed by atoms with Gasteiger partial charge in [0.1, 0.15) is 5.75 Å². The van der Waals surface area contributed by atoms with Crippen LogP contribution in [0.3, 0.4) is 0 Å². The Morgan fingerprint density at radius 2 is 2.17 bits per heavy atom. The SMILES string of the molecule is COc1c(C(=O)C2CCCNC2)ccc(C)c1C. The second-order valence-corrected chi connectivity index (χ2v) is 5.00. The van der Waals surface area contributed by atoms with E-state index in [2.05, 4.69) is 5.32 Å². The minimum atomic E-state index is 0.0924. The first-order valence-corrected chi connectivity index (χ1v) is 6.54. The van der Waals surface area contributed by atoms with Crippen LogP contribution in [0.2, 0.25) is 0 Å². The van der Waals surface area contributed by atoms with E-state index in [4.69, 9.17) is 4.74 Å². The van der Waals surface area contributed by atoms with E-state index in [0.29, 0.717) is 0 Å². The summed E-state index contributed by atoms with van der Waals surface area (Å²) >= 11 is 0. The molecule has 1 atom stereocenters. The number of aryl methyl sites for hydroxylation is 1. The summed E-state index contributed by atoms with van der Waals surface area (Å²) < 4.78 is 5.43. The third-order valence-electron chi connectivity index (χ3n) is 3.81. The first-order valence-electron chi connectivity index (χ1n) is 6.54. The number of piperidine rings is 1. The lowest BCUT2D eigenvalue weighted by atomic mass is 9.89. The molecule has 18 heavy (non-hydrogen) atoms. The van der Waals surface area contributed by atoms with Gasteiger partial charge in [0.15, 0.2) is 5.78 Å². The molecule has 0 radical (unpaired) electrons. The van der Waals surface area contributed by atoms with E-state index in [9.17, 15) is 4.79 Å². The molecule has 1 fully saturated rings. The second-order valence-electron chi connectivity index (χ2n) is 5.00. The predicted molar refractivity (Wildman–Crippen MR) is 72.4 cm³/mol. The molecule has 0 aliphatic carbocycles. The highest BCUT2D eigenvalue weighted by molar-refractivity contribution is 6.01. The van der Waals surface area contributed by atoms with Crippen molar-refractivity contribution in [2.45, 2.75) is 26.7 Å². The summed E-state index contributed by atoms with van der Waals surface area (Å²) in [6.45, 7) is 5.85. The fourth-order valence-electron chi connectivity index (χ4n) is 2.54. The van der Waals surface area contributed by atoms with E-state index in [1.807, 2.05) is 26.0 Å². The summed E-state index contributed by atoms with van der Waals surface area (Å²) in [5, 5.41) is 3.29. The maximum absolute atomic E-state index is 12.5. The number of hydrogen-bond acceptors (Lipinski definition) is 3. The average Bonchev–Trinajstić information content (AvgIpc) is 2.42. The van der Waals surface area contributed by atoms with Crippen molar-refractivity contribution in [2.24, 2.45) is 5.92 Å². The van der Waals surface area contributed by atoms with E-state index in [0.717, 1.165) is 48.4 Å². The Balaban J connectivity index is 2.32. The molecule has 1 heterocycles. The Hall–Kier alpha value is -1.35. The molecule has 2 rings (SSSR count). The van der Waals surface area contributed by atoms with Crippen LogP contribution in [0.4, 0.5) is 0 Å². The smallest absolute Gasteiger partial charge is 0.170 e. The van der Waals surface area contributed by atoms with Crippen LogP contribution in [0, 0.1) is 19.8 Å². The van der Waals surface area contributed by atoms with Crippen LogP contribution in [-0.2, 0) is 0 Å². The Morgan fingerprint density at radius 1 is 1.39 bits per heavy atom. The molecule has 1 aliphatic heterocycles. The van der Waals surface area contributed by atoms with Crippen molar-refractivity contribution in [1.29, 1.82) is 0 Å². The highest BCUT2D eigenvalue weighted by Crippen LogP contribution is 2.29. The van der Waals surface area contributed by atoms with Gasteiger partial charge in [-0.3, -0.25) is 4.79 Å². The average molecular weight is 247 g/mol. The molecule has 0 saturated carbocycles. The standard InChI is InChI=1S/C15H21NO2/c1-10-6-7-13(15(18-3)11(10)2)14(17)12-5-4-8-16-9-12/h6-7,12,16H,4-5,8-9H2,1-3H3. The van der Waals surface area contributed by atoms with Gasteiger partial charge in [-0.15, -0.1) is 0 Å². The maximum Gasteiger partial charge on any atom is 0.170 e. The van der Waals surface area contributed by atoms with Gasteiger partial charge in [-0.2, -0.15) is 0 Å². The zero-order valence-corrected chi connectivity index (χ0v) is 11.4. The zero-order chi connectivity index (χ0) is 13.1. The van der Waals surface area contributed by atoms with Gasteiger partial charge in [0.05, 0.1) is 12.7 Å². The molecule has 1 saturated heterocycles. The molecule has 1 N–H and O–H groups in total. The molecule has 0 amide bonds. The summed E-state index contributed by atoms with van der Waals surface area (Å²) in [6.07, 6.45) is 2.05. The lowest BCUT2D eigenvalue weighted by Gasteiger charge is -2.23. The quantitative estimate of drug-likeness (QED) is 0.834. The Bertz CT molecular complexity index is 448. The molecule has 1 aliphatic rings. The van der Waals surface area contributed by atoms with Crippen molar-refractivity contribution in [3.63, 3.8) is 0 Å². The number of carbonyl (C=O) groups is 1. The van der Waals surface area contributed by atoms with Gasteiger partial charge in [0.25, 0.3) is 0 Å². The van der Waals surface area contributed by atoms with Crippen molar-refractivity contribution in [3.05, 3.63) is 28.8 Å². The number of carbonyl (C=O) groups excluding carboxylic acids is 1. The van der Waals surface area contributed by atoms with Gasteiger partial charge >= 0.3 is 0 Å². The topological polar surface area (TPSA) is 38.3 Å². The molecular formula is C15H21NO2. The number of ketones is 1. The lowest BCUT2D eigenvalue weighted by Crippen LogP contribution is -2.34. The summed E-state index contributed by atoms with van der Waals surface area (Å²) in [4.78, 5) is 12.5. The van der Waals surface area contributed by atoms with Crippen molar-refractivity contribution in [2.75, 3.05) is 20.2 Å². The summed E-state index contributed by atoms with van der Waals surface area (Å²) in [5.41, 5.74) is 2.95. The molecule has 0 spiro atoms. The lowest BCUT2D eigenvalue weighted by molar-refractivity contribution is 0.0896. The van der Waals surface area contributed by atoms with E-state index in [1.54, 1.807) is 7.11 Å². The van der Waals surface area contributed by atoms with E-state index in [1.165, 1.54) is 0 Å². The van der Waals surface area contributed by atoms with Gasteiger partial charge < -0.3 is 10.1 Å². The first kappa shape index (κ1) is 13.1. The van der Waals surface area contributed by atoms with Crippen LogP contribution in [-0.4, -0.2) is 26.0 Å². The fraction of sp³-hybridized carbons (Fsp3) is 0.533. The number of hydrogen-bond donors (Lipinski definition) is 1. The van der Waals surface area contributed by atoms with Crippen LogP contribution in [0.1, 0.15) is 34.3 Å². The fourth-order valence-corrected chi connectivity index (χ4v) is 2.54. The first-order chi connectivity index (χ1) is 8.65. The third kappa shape index (κ3) is 2.41. The number of methoxy groups -OCH3 is 1. The van der Waals surface area contributed by atoms with E-state index < -0.39 is 0 Å². The van der Waals surface area contributed by atoms with Gasteiger partial charge in [-0.1, -0.05) is 6.07 Å². The number of ether oxygens (including phenoxy) is 1. The Kier molecular flexibility index (Phi) is 4.02. The number of nitrogens with one attached hydrogen (secondary N) is 1. The summed E-state index contributed by atoms with van der Waals surface area (Å²) in [6, 6.07) is 3.90. The van der Waals surface area contributed by atoms with E-state index in [-0.39, 0.29) is 11.7 Å². The number of Topliss-reactive ketones (excluding diaryl/α,β-unsaturated/α-hetero) is 1. The minimum Gasteiger partial charge on any atom is -0.496 e. The summed E-state index contributed by atoms with van der Waals surface area (Å²) in [5.74, 6) is 1.04. The second kappa shape index (κ2) is 5.53. The van der Waals surface area contributed by atoms with Crippen molar-refractivity contribution in [3.8, 4) is 5.75 Å². The molecule has 98 valence electrons. The van der Waals surface area contributed by atoms with Gasteiger partial charge in [-0.25, -0.2) is 0 Å². The normalized spacial score (nSPS) is 19.6. The van der Waals surface area contributed by atoms with Crippen LogP contribution < -0.4 is 10.1 Å². The highest BCUT2D eigenvalue weighted by Gasteiger charge is 2.25. The van der Waals surface area contributed by atoms with Gasteiger partial charge in [-0.05, 0) is 50.4 Å². The maximum atomic E-state index is 12.5. The van der Waals surface area contributed by atoms with Crippen molar-refractivity contribution in [1.82, 2.24) is 5.32 Å². The predicted octanol–water partition coefficient (Wildman–Crippen LogP) is 2.49. The van der Waals surface area contributed by atoms with E-state index >= 15 is 0 Å². The van der Waals surface area contributed by atoms with Crippen LogP contribution in [0.15, 0.2) is 12.1 Å². The monoisotopic (exact) mass is 247 g/mol. The molecule has 3 nitrogen and oxygen atoms in total. The zero-order valence-electron chi connectivity index (χ0n) is 11.4. The van der Waals surface area contributed by atoms with Gasteiger partial charge in [0, 0.05) is 12.5 Å². The molecule has 0 bridgehead atoms. The number of rotatable bonds is 3. The van der Waals surface area contributed by atoms with Crippen LogP contribution in [0.25, 0.3) is 0 Å². The minimum absolute atomic E-state index is 0.0924. The summed E-state index contributed by atoms with van der Waals surface area (Å²) in [7, 11) is 1.64. The molecular weight excluding hydrogens is 226 g/mol. The Labute approximate surface area is 109 Å². The Morgan fingerprint density at radius 3 is 2.78 bits per heavy atom. The molecule has 3 heteroatoms. The van der Waals surface area contributed by atoms with Crippen LogP contribution in [0.5, 0.6) is 5.75 Å². The molecule has 1 aromatic rings. The van der Waals surface area contributed by atoms with Crippen molar-refractivity contribution < 1.29 is 9.53 Å². The molecule has 1 unspecified atom stereocenters.